The molecule has 0 aliphatic carbocycles. The number of hydrogen-bond acceptors (Lipinski definition) is 1. The zero-order valence-corrected chi connectivity index (χ0v) is 13.9. The van der Waals surface area contributed by atoms with Gasteiger partial charge >= 0.3 is 0 Å². The maximum Gasteiger partial charge on any atom is 0.101 e. The van der Waals surface area contributed by atoms with E-state index in [0.29, 0.717) is 22.2 Å². The van der Waals surface area contributed by atoms with Crippen LogP contribution in [0.2, 0.25) is 10.0 Å². The summed E-state index contributed by atoms with van der Waals surface area (Å²) < 4.78 is 2.98. The van der Waals surface area contributed by atoms with Gasteiger partial charge in [-0.2, -0.15) is 5.26 Å². The van der Waals surface area contributed by atoms with Gasteiger partial charge in [0.05, 0.1) is 5.56 Å². The second-order valence-corrected chi connectivity index (χ2v) is 6.44. The number of fused-ring (bicyclic) bond motifs is 1. The van der Waals surface area contributed by atoms with Gasteiger partial charge in [-0.1, -0.05) is 45.2 Å². The Balaban J connectivity index is 2.11. The van der Waals surface area contributed by atoms with E-state index in [4.69, 9.17) is 23.2 Å². The second kappa shape index (κ2) is 5.73. The summed E-state index contributed by atoms with van der Waals surface area (Å²) in [6.07, 6.45) is 1.85. The van der Waals surface area contributed by atoms with Crippen LogP contribution in [0.4, 0.5) is 0 Å². The second-order valence-electron chi connectivity index (χ2n) is 4.68. The van der Waals surface area contributed by atoms with Gasteiger partial charge < -0.3 is 4.57 Å². The predicted octanol–water partition coefficient (Wildman–Crippen LogP) is 5.63. The highest BCUT2D eigenvalue weighted by Gasteiger charge is 2.10. The highest BCUT2D eigenvalue weighted by atomic mass is 79.9. The first kappa shape index (κ1) is 14.5. The SMILES string of the molecule is N#Cc1cn(Cc2ccc(Cl)cc2Cl)c2ccc(Br)cc12. The van der Waals surface area contributed by atoms with E-state index in [1.54, 1.807) is 6.07 Å². The molecule has 0 atom stereocenters. The van der Waals surface area contributed by atoms with Crippen molar-refractivity contribution in [1.29, 1.82) is 5.26 Å². The minimum atomic E-state index is 0.593. The molecule has 2 aromatic carbocycles. The number of rotatable bonds is 2. The lowest BCUT2D eigenvalue weighted by Gasteiger charge is -2.08. The molecule has 0 saturated carbocycles. The summed E-state index contributed by atoms with van der Waals surface area (Å²) in [5.41, 5.74) is 2.61. The third kappa shape index (κ3) is 2.80. The molecule has 0 N–H and O–H groups in total. The van der Waals surface area contributed by atoms with Gasteiger partial charge in [0.1, 0.15) is 6.07 Å². The van der Waals surface area contributed by atoms with Crippen LogP contribution in [0.5, 0.6) is 0 Å². The predicted molar refractivity (Wildman–Crippen MR) is 89.9 cm³/mol. The summed E-state index contributed by atoms with van der Waals surface area (Å²) in [6, 6.07) is 13.6. The van der Waals surface area contributed by atoms with Crippen molar-refractivity contribution in [2.45, 2.75) is 6.54 Å². The molecule has 0 saturated heterocycles. The first-order chi connectivity index (χ1) is 10.1. The van der Waals surface area contributed by atoms with Crippen molar-refractivity contribution in [3.05, 3.63) is 68.2 Å². The van der Waals surface area contributed by atoms with Gasteiger partial charge in [-0.05, 0) is 35.9 Å². The lowest BCUT2D eigenvalue weighted by molar-refractivity contribution is 0.836. The molecule has 0 bridgehead atoms. The monoisotopic (exact) mass is 378 g/mol. The van der Waals surface area contributed by atoms with E-state index >= 15 is 0 Å². The van der Waals surface area contributed by atoms with Gasteiger partial charge in [-0.3, -0.25) is 0 Å². The zero-order valence-electron chi connectivity index (χ0n) is 10.8. The summed E-state index contributed by atoms with van der Waals surface area (Å²) in [7, 11) is 0. The molecule has 3 aromatic rings. The smallest absolute Gasteiger partial charge is 0.101 e. The van der Waals surface area contributed by atoms with Gasteiger partial charge in [0.25, 0.3) is 0 Å². The Morgan fingerprint density at radius 3 is 2.67 bits per heavy atom. The number of aromatic nitrogens is 1. The van der Waals surface area contributed by atoms with Crippen LogP contribution in [0.1, 0.15) is 11.1 Å². The van der Waals surface area contributed by atoms with Crippen molar-refractivity contribution in [2.75, 3.05) is 0 Å². The average Bonchev–Trinajstić information content (AvgIpc) is 2.79. The lowest BCUT2D eigenvalue weighted by Crippen LogP contribution is -1.98. The summed E-state index contributed by atoms with van der Waals surface area (Å²) in [4.78, 5) is 0. The molecule has 1 aromatic heterocycles. The molecule has 0 radical (unpaired) electrons. The van der Waals surface area contributed by atoms with Crippen molar-refractivity contribution in [2.24, 2.45) is 0 Å². The molecule has 0 spiro atoms. The fourth-order valence-electron chi connectivity index (χ4n) is 2.32. The van der Waals surface area contributed by atoms with Crippen LogP contribution in [0.3, 0.4) is 0 Å². The Kier molecular flexibility index (Phi) is 3.95. The van der Waals surface area contributed by atoms with Gasteiger partial charge in [0.2, 0.25) is 0 Å². The highest BCUT2D eigenvalue weighted by Crippen LogP contribution is 2.27. The third-order valence-corrected chi connectivity index (χ3v) is 4.40. The molecule has 5 heteroatoms. The molecule has 104 valence electrons. The Hall–Kier alpha value is -1.47. The van der Waals surface area contributed by atoms with Crippen LogP contribution in [-0.2, 0) is 6.54 Å². The van der Waals surface area contributed by atoms with Crippen LogP contribution in [-0.4, -0.2) is 4.57 Å². The van der Waals surface area contributed by atoms with E-state index in [1.807, 2.05) is 41.1 Å². The largest absolute Gasteiger partial charge is 0.342 e. The molecule has 0 fully saturated rings. The maximum atomic E-state index is 9.27. The van der Waals surface area contributed by atoms with E-state index in [2.05, 4.69) is 22.0 Å². The Labute approximate surface area is 140 Å². The normalized spacial score (nSPS) is 10.8. The fraction of sp³-hybridized carbons (Fsp3) is 0.0625. The summed E-state index contributed by atoms with van der Waals surface area (Å²) in [5, 5.41) is 11.4. The first-order valence-electron chi connectivity index (χ1n) is 6.21. The van der Waals surface area contributed by atoms with Gasteiger partial charge in [0.15, 0.2) is 0 Å². The van der Waals surface area contributed by atoms with Crippen molar-refractivity contribution >= 4 is 50.0 Å². The number of nitriles is 1. The van der Waals surface area contributed by atoms with Crippen LogP contribution < -0.4 is 0 Å². The first-order valence-corrected chi connectivity index (χ1v) is 7.76. The number of hydrogen-bond donors (Lipinski definition) is 0. The maximum absolute atomic E-state index is 9.27. The van der Waals surface area contributed by atoms with Crippen molar-refractivity contribution in [3.63, 3.8) is 0 Å². The molecule has 1 heterocycles. The van der Waals surface area contributed by atoms with E-state index in [1.165, 1.54) is 0 Å². The lowest BCUT2D eigenvalue weighted by atomic mass is 10.2. The summed E-state index contributed by atoms with van der Waals surface area (Å²) >= 11 is 15.6. The van der Waals surface area contributed by atoms with Crippen molar-refractivity contribution < 1.29 is 0 Å². The topological polar surface area (TPSA) is 28.7 Å². The Bertz CT molecular complexity index is 878. The molecule has 21 heavy (non-hydrogen) atoms. The van der Waals surface area contributed by atoms with Crippen molar-refractivity contribution in [3.8, 4) is 6.07 Å². The standard InChI is InChI=1S/C16H9BrCl2N2/c17-12-2-4-16-14(5-12)11(7-20)9-21(16)8-10-1-3-13(18)6-15(10)19/h1-6,9H,8H2. The minimum absolute atomic E-state index is 0.593. The molecule has 2 nitrogen and oxygen atoms in total. The van der Waals surface area contributed by atoms with Crippen LogP contribution in [0.25, 0.3) is 10.9 Å². The number of halogens is 3. The van der Waals surface area contributed by atoms with E-state index < -0.39 is 0 Å². The Morgan fingerprint density at radius 1 is 1.14 bits per heavy atom. The molecule has 0 unspecified atom stereocenters. The fourth-order valence-corrected chi connectivity index (χ4v) is 3.15. The van der Waals surface area contributed by atoms with Gasteiger partial charge in [-0.15, -0.1) is 0 Å². The van der Waals surface area contributed by atoms with E-state index in [-0.39, 0.29) is 0 Å². The molecule has 0 amide bonds. The van der Waals surface area contributed by atoms with Crippen molar-refractivity contribution in [1.82, 2.24) is 4.57 Å². The quantitative estimate of drug-likeness (QED) is 0.567. The van der Waals surface area contributed by atoms with Crippen LogP contribution in [0.15, 0.2) is 47.1 Å². The number of nitrogens with zero attached hydrogens (tertiary/aromatic N) is 2. The average molecular weight is 380 g/mol. The molecular formula is C16H9BrCl2N2. The van der Waals surface area contributed by atoms with Gasteiger partial charge in [-0.25, -0.2) is 0 Å². The zero-order chi connectivity index (χ0) is 15.0. The number of benzene rings is 2. The molecule has 0 aliphatic rings. The van der Waals surface area contributed by atoms with Crippen LogP contribution >= 0.6 is 39.1 Å². The molecule has 3 rings (SSSR count). The van der Waals surface area contributed by atoms with E-state index in [9.17, 15) is 5.26 Å². The highest BCUT2D eigenvalue weighted by molar-refractivity contribution is 9.10. The Morgan fingerprint density at radius 2 is 1.95 bits per heavy atom. The third-order valence-electron chi connectivity index (χ3n) is 3.32. The summed E-state index contributed by atoms with van der Waals surface area (Å²) in [5.74, 6) is 0. The van der Waals surface area contributed by atoms with Gasteiger partial charge in [0, 0.05) is 38.2 Å². The minimum Gasteiger partial charge on any atom is -0.342 e. The van der Waals surface area contributed by atoms with E-state index in [0.717, 1.165) is 20.9 Å². The molecule has 0 aliphatic heterocycles. The summed E-state index contributed by atoms with van der Waals surface area (Å²) in [6.45, 7) is 0.593. The molecular weight excluding hydrogens is 371 g/mol. The van der Waals surface area contributed by atoms with Crippen LogP contribution in [0, 0.1) is 11.3 Å².